The average Bonchev–Trinajstić information content (AvgIpc) is 3.53. The summed E-state index contributed by atoms with van der Waals surface area (Å²) in [5, 5.41) is 7.31. The van der Waals surface area contributed by atoms with Crippen LogP contribution in [-0.2, 0) is 11.3 Å². The van der Waals surface area contributed by atoms with Gasteiger partial charge in [-0.25, -0.2) is 14.4 Å². The van der Waals surface area contributed by atoms with Gasteiger partial charge in [0.25, 0.3) is 0 Å². The molecule has 10 heteroatoms. The molecule has 1 saturated carbocycles. The van der Waals surface area contributed by atoms with Gasteiger partial charge < -0.3 is 24.7 Å². The third-order valence-electron chi connectivity index (χ3n) is 6.81. The number of ether oxygens (including phenoxy) is 2. The number of aromatic nitrogens is 4. The van der Waals surface area contributed by atoms with E-state index in [4.69, 9.17) is 31.0 Å². The second-order valence-electron chi connectivity index (χ2n) is 9.39. The highest BCUT2D eigenvalue weighted by Gasteiger charge is 2.33. The van der Waals surface area contributed by atoms with E-state index < -0.39 is 6.10 Å². The van der Waals surface area contributed by atoms with E-state index in [0.29, 0.717) is 29.4 Å². The molecular formula is C27H26ClFN6O2. The fourth-order valence-electron chi connectivity index (χ4n) is 4.63. The van der Waals surface area contributed by atoms with E-state index in [0.717, 1.165) is 34.0 Å². The minimum atomic E-state index is -0.404. The molecule has 2 aliphatic rings. The van der Waals surface area contributed by atoms with Gasteiger partial charge in [-0.15, -0.1) is 0 Å². The highest BCUT2D eigenvalue weighted by Crippen LogP contribution is 2.40. The van der Waals surface area contributed by atoms with E-state index >= 15 is 0 Å². The molecule has 1 fully saturated rings. The Labute approximate surface area is 218 Å². The molecule has 8 nitrogen and oxygen atoms in total. The maximum Gasteiger partial charge on any atom is 0.229 e. The largest absolute Gasteiger partial charge is 0.494 e. The molecule has 0 radical (unpaired) electrons. The first-order chi connectivity index (χ1) is 18.0. The van der Waals surface area contributed by atoms with Crippen LogP contribution in [0.25, 0.3) is 5.69 Å². The number of nitrogens with zero attached hydrogens (tertiary/aromatic N) is 4. The van der Waals surface area contributed by atoms with Crippen molar-refractivity contribution in [2.75, 3.05) is 17.7 Å². The Hall–Kier alpha value is -3.69. The SMILES string of the molecule is COc1cc(Nc2nc(NC(C)C3CC3)c3c(n2)[C@@H](c2ccc(F)cc2)OC3)ccc1-n1cnc(Cl)c1. The summed E-state index contributed by atoms with van der Waals surface area (Å²) >= 11 is 5.99. The quantitative estimate of drug-likeness (QED) is 0.293. The molecule has 2 aromatic carbocycles. The first-order valence-corrected chi connectivity index (χ1v) is 12.6. The van der Waals surface area contributed by atoms with Crippen LogP contribution in [0.5, 0.6) is 5.75 Å². The Bertz CT molecular complexity index is 1440. The van der Waals surface area contributed by atoms with Crippen molar-refractivity contribution in [3.05, 3.63) is 82.8 Å². The van der Waals surface area contributed by atoms with Crippen molar-refractivity contribution in [1.82, 2.24) is 19.5 Å². The van der Waals surface area contributed by atoms with E-state index in [-0.39, 0.29) is 11.9 Å². The summed E-state index contributed by atoms with van der Waals surface area (Å²) in [6, 6.07) is 12.3. The predicted molar refractivity (Wildman–Crippen MR) is 139 cm³/mol. The van der Waals surface area contributed by atoms with E-state index in [1.165, 1.54) is 25.0 Å². The Morgan fingerprint density at radius 3 is 2.68 bits per heavy atom. The maximum atomic E-state index is 13.6. The second-order valence-corrected chi connectivity index (χ2v) is 9.78. The van der Waals surface area contributed by atoms with Gasteiger partial charge in [0.15, 0.2) is 0 Å². The van der Waals surface area contributed by atoms with Gasteiger partial charge in [-0.2, -0.15) is 4.98 Å². The van der Waals surface area contributed by atoms with Gasteiger partial charge in [0, 0.05) is 29.6 Å². The smallest absolute Gasteiger partial charge is 0.229 e. The Morgan fingerprint density at radius 2 is 1.97 bits per heavy atom. The van der Waals surface area contributed by atoms with Gasteiger partial charge in [-0.3, -0.25) is 0 Å². The van der Waals surface area contributed by atoms with Crippen LogP contribution in [-0.4, -0.2) is 32.7 Å². The summed E-state index contributed by atoms with van der Waals surface area (Å²) in [5.74, 6) is 2.18. The zero-order valence-electron chi connectivity index (χ0n) is 20.4. The molecule has 37 heavy (non-hydrogen) atoms. The van der Waals surface area contributed by atoms with Gasteiger partial charge in [-0.1, -0.05) is 23.7 Å². The van der Waals surface area contributed by atoms with Crippen LogP contribution in [0.3, 0.4) is 0 Å². The molecule has 0 amide bonds. The van der Waals surface area contributed by atoms with Crippen LogP contribution in [0.4, 0.5) is 21.8 Å². The number of benzene rings is 2. The molecule has 1 aliphatic carbocycles. The molecule has 1 aliphatic heterocycles. The maximum absolute atomic E-state index is 13.6. The van der Waals surface area contributed by atoms with Gasteiger partial charge in [0.2, 0.25) is 5.95 Å². The molecule has 0 bridgehead atoms. The van der Waals surface area contributed by atoms with Crippen LogP contribution in [0.2, 0.25) is 5.15 Å². The molecule has 0 spiro atoms. The zero-order chi connectivity index (χ0) is 25.5. The Balaban J connectivity index is 1.35. The zero-order valence-corrected chi connectivity index (χ0v) is 21.2. The molecule has 6 rings (SSSR count). The van der Waals surface area contributed by atoms with Gasteiger partial charge >= 0.3 is 0 Å². The lowest BCUT2D eigenvalue weighted by molar-refractivity contribution is 0.0924. The number of halogens is 2. The van der Waals surface area contributed by atoms with E-state index in [9.17, 15) is 4.39 Å². The first kappa shape index (κ1) is 23.7. The molecule has 1 unspecified atom stereocenters. The summed E-state index contributed by atoms with van der Waals surface area (Å²) in [6.45, 7) is 2.56. The van der Waals surface area contributed by atoms with E-state index in [2.05, 4.69) is 22.5 Å². The summed E-state index contributed by atoms with van der Waals surface area (Å²) in [5.41, 5.74) is 4.09. The molecule has 2 atom stereocenters. The lowest BCUT2D eigenvalue weighted by Crippen LogP contribution is -2.20. The molecule has 3 heterocycles. The van der Waals surface area contributed by atoms with Crippen molar-refractivity contribution in [3.8, 4) is 11.4 Å². The van der Waals surface area contributed by atoms with Crippen molar-refractivity contribution < 1.29 is 13.9 Å². The fraction of sp³-hybridized carbons (Fsp3) is 0.296. The average molecular weight is 521 g/mol. The van der Waals surface area contributed by atoms with Crippen LogP contribution in [0, 0.1) is 11.7 Å². The van der Waals surface area contributed by atoms with Crippen LogP contribution >= 0.6 is 11.6 Å². The Morgan fingerprint density at radius 1 is 1.16 bits per heavy atom. The van der Waals surface area contributed by atoms with Gasteiger partial charge in [-0.05, 0) is 55.5 Å². The normalized spacial score (nSPS) is 17.4. The van der Waals surface area contributed by atoms with E-state index in [1.54, 1.807) is 36.3 Å². The first-order valence-electron chi connectivity index (χ1n) is 12.2. The highest BCUT2D eigenvalue weighted by atomic mass is 35.5. The third kappa shape index (κ3) is 4.84. The number of methoxy groups -OCH3 is 1. The standard InChI is InChI=1S/C27H26ClFN6O2/c1-15(16-3-4-16)31-26-20-13-37-25(17-5-7-18(29)8-6-17)24(20)33-27(34-26)32-19-9-10-21(22(11-19)36-2)35-12-23(28)30-14-35/h5-12,14-16,25H,3-4,13H2,1-2H3,(H2,31,32,33,34)/t15?,25-/m1/s1. The van der Waals surface area contributed by atoms with Crippen molar-refractivity contribution in [2.24, 2.45) is 5.92 Å². The number of hydrogen-bond acceptors (Lipinski definition) is 7. The minimum absolute atomic E-state index is 0.289. The molecule has 0 saturated heterocycles. The lowest BCUT2D eigenvalue weighted by atomic mass is 10.0. The third-order valence-corrected chi connectivity index (χ3v) is 7.01. The summed E-state index contributed by atoms with van der Waals surface area (Å²) in [4.78, 5) is 13.7. The molecule has 4 aromatic rings. The number of imidazole rings is 1. The van der Waals surface area contributed by atoms with Crippen molar-refractivity contribution in [3.63, 3.8) is 0 Å². The second kappa shape index (κ2) is 9.64. The van der Waals surface area contributed by atoms with Crippen molar-refractivity contribution in [1.29, 1.82) is 0 Å². The van der Waals surface area contributed by atoms with Crippen LogP contribution in [0.15, 0.2) is 55.0 Å². The number of nitrogens with one attached hydrogen (secondary N) is 2. The van der Waals surface area contributed by atoms with Crippen LogP contribution in [0.1, 0.15) is 42.7 Å². The van der Waals surface area contributed by atoms with Crippen molar-refractivity contribution in [2.45, 2.75) is 38.5 Å². The van der Waals surface area contributed by atoms with Gasteiger partial charge in [0.1, 0.15) is 35.0 Å². The molecular weight excluding hydrogens is 495 g/mol. The van der Waals surface area contributed by atoms with Gasteiger partial charge in [0.05, 0.1) is 25.1 Å². The fourth-order valence-corrected chi connectivity index (χ4v) is 4.78. The number of fused-ring (bicyclic) bond motifs is 1. The predicted octanol–water partition coefficient (Wildman–Crippen LogP) is 6.04. The monoisotopic (exact) mass is 520 g/mol. The van der Waals surface area contributed by atoms with Crippen molar-refractivity contribution >= 4 is 29.1 Å². The molecule has 2 aromatic heterocycles. The number of anilines is 3. The number of rotatable bonds is 8. The molecule has 2 N–H and O–H groups in total. The summed E-state index contributed by atoms with van der Waals surface area (Å²) in [7, 11) is 1.61. The number of hydrogen-bond donors (Lipinski definition) is 2. The minimum Gasteiger partial charge on any atom is -0.494 e. The molecule has 190 valence electrons. The topological polar surface area (TPSA) is 86.1 Å². The van der Waals surface area contributed by atoms with Crippen LogP contribution < -0.4 is 15.4 Å². The summed E-state index contributed by atoms with van der Waals surface area (Å²) < 4.78 is 27.1. The lowest BCUT2D eigenvalue weighted by Gasteiger charge is -2.18. The summed E-state index contributed by atoms with van der Waals surface area (Å²) in [6.07, 6.45) is 5.38. The highest BCUT2D eigenvalue weighted by molar-refractivity contribution is 6.29. The Kier molecular flexibility index (Phi) is 6.18. The van der Waals surface area contributed by atoms with E-state index in [1.807, 2.05) is 18.2 Å².